The molecular formula is C19H29Cl3N4O. The third-order valence-corrected chi connectivity index (χ3v) is 4.80. The van der Waals surface area contributed by atoms with Crippen molar-refractivity contribution in [2.45, 2.75) is 20.3 Å². The molecular weight excluding hydrogens is 407 g/mol. The van der Waals surface area contributed by atoms with E-state index in [1.54, 1.807) is 0 Å². The zero-order chi connectivity index (χ0) is 17.1. The van der Waals surface area contributed by atoms with E-state index in [1.807, 2.05) is 31.2 Å². The van der Waals surface area contributed by atoms with E-state index in [-0.39, 0.29) is 43.1 Å². The summed E-state index contributed by atoms with van der Waals surface area (Å²) in [6.45, 7) is 8.52. The standard InChI is InChI=1S/C19H26N4O.3ClH/c1-4-16-14(2)19(15-7-5-6-8-17(15)20-16)21-18(24)13-23-11-9-22(3)10-12-23;;;/h5-8H,4,9-13H2,1-3H3,(H,20,21,24);3*1H. The summed E-state index contributed by atoms with van der Waals surface area (Å²) in [5.74, 6) is 0.0565. The number of likely N-dealkylation sites (N-methyl/N-ethyl adjacent to an activating group) is 1. The van der Waals surface area contributed by atoms with E-state index in [9.17, 15) is 4.79 Å². The lowest BCUT2D eigenvalue weighted by Gasteiger charge is -2.31. The van der Waals surface area contributed by atoms with Crippen molar-refractivity contribution >= 4 is 59.7 Å². The first-order valence-corrected chi connectivity index (χ1v) is 8.67. The summed E-state index contributed by atoms with van der Waals surface area (Å²) in [6.07, 6.45) is 0.859. The topological polar surface area (TPSA) is 48.5 Å². The zero-order valence-corrected chi connectivity index (χ0v) is 18.5. The van der Waals surface area contributed by atoms with Crippen molar-refractivity contribution in [3.63, 3.8) is 0 Å². The Bertz CT molecular complexity index is 749. The Kier molecular flexibility index (Phi) is 11.2. The van der Waals surface area contributed by atoms with Crippen molar-refractivity contribution in [3.05, 3.63) is 35.5 Å². The number of hydrogen-bond acceptors (Lipinski definition) is 4. The first kappa shape index (κ1) is 25.9. The van der Waals surface area contributed by atoms with Crippen LogP contribution < -0.4 is 5.32 Å². The molecule has 152 valence electrons. The summed E-state index contributed by atoms with van der Waals surface area (Å²) in [4.78, 5) is 21.8. The summed E-state index contributed by atoms with van der Waals surface area (Å²) in [5, 5.41) is 4.17. The highest BCUT2D eigenvalue weighted by Gasteiger charge is 2.18. The van der Waals surface area contributed by atoms with Crippen LogP contribution in [0, 0.1) is 6.92 Å². The third-order valence-electron chi connectivity index (χ3n) is 4.80. The van der Waals surface area contributed by atoms with Gasteiger partial charge in [0.2, 0.25) is 5.91 Å². The molecule has 0 saturated carbocycles. The van der Waals surface area contributed by atoms with Crippen LogP contribution in [0.5, 0.6) is 0 Å². The lowest BCUT2D eigenvalue weighted by molar-refractivity contribution is -0.117. The third kappa shape index (κ3) is 6.19. The average Bonchev–Trinajstić information content (AvgIpc) is 2.59. The Balaban J connectivity index is 0.00000225. The van der Waals surface area contributed by atoms with Crippen LogP contribution in [0.2, 0.25) is 0 Å². The molecule has 0 aliphatic carbocycles. The normalized spacial score (nSPS) is 14.6. The minimum Gasteiger partial charge on any atom is -0.324 e. The molecule has 0 bridgehead atoms. The van der Waals surface area contributed by atoms with Gasteiger partial charge in [-0.25, -0.2) is 0 Å². The molecule has 0 spiro atoms. The number of anilines is 1. The summed E-state index contributed by atoms with van der Waals surface area (Å²) in [6, 6.07) is 8.01. The molecule has 0 unspecified atom stereocenters. The molecule has 1 fully saturated rings. The van der Waals surface area contributed by atoms with Crippen LogP contribution in [0.25, 0.3) is 10.9 Å². The van der Waals surface area contributed by atoms with E-state index >= 15 is 0 Å². The van der Waals surface area contributed by atoms with E-state index in [0.717, 1.165) is 60.4 Å². The van der Waals surface area contributed by atoms with E-state index < -0.39 is 0 Å². The highest BCUT2D eigenvalue weighted by molar-refractivity contribution is 6.03. The molecule has 5 nitrogen and oxygen atoms in total. The van der Waals surface area contributed by atoms with E-state index in [4.69, 9.17) is 4.98 Å². The fraction of sp³-hybridized carbons (Fsp3) is 0.474. The Labute approximate surface area is 180 Å². The lowest BCUT2D eigenvalue weighted by Crippen LogP contribution is -2.47. The van der Waals surface area contributed by atoms with Crippen molar-refractivity contribution in [2.24, 2.45) is 0 Å². The number of para-hydroxylation sites is 1. The van der Waals surface area contributed by atoms with Gasteiger partial charge in [-0.3, -0.25) is 14.7 Å². The molecule has 3 rings (SSSR count). The summed E-state index contributed by atoms with van der Waals surface area (Å²) in [5.41, 5.74) is 3.97. The van der Waals surface area contributed by atoms with Crippen LogP contribution in [0.4, 0.5) is 5.69 Å². The zero-order valence-electron chi connectivity index (χ0n) is 16.0. The number of halogens is 3. The number of carbonyl (C=O) groups is 1. The highest BCUT2D eigenvalue weighted by atomic mass is 35.5. The maximum Gasteiger partial charge on any atom is 0.238 e. The van der Waals surface area contributed by atoms with E-state index in [2.05, 4.69) is 29.1 Å². The fourth-order valence-corrected chi connectivity index (χ4v) is 3.25. The molecule has 1 saturated heterocycles. The number of carbonyl (C=O) groups excluding carboxylic acids is 1. The Morgan fingerprint density at radius 1 is 1.11 bits per heavy atom. The van der Waals surface area contributed by atoms with Gasteiger partial charge in [-0.05, 0) is 32.0 Å². The second-order valence-electron chi connectivity index (χ2n) is 6.56. The number of pyridine rings is 1. The molecule has 1 aliphatic rings. The predicted molar refractivity (Wildman–Crippen MR) is 120 cm³/mol. The molecule has 0 radical (unpaired) electrons. The molecule has 1 aliphatic heterocycles. The van der Waals surface area contributed by atoms with Crippen molar-refractivity contribution in [1.29, 1.82) is 0 Å². The van der Waals surface area contributed by atoms with Gasteiger partial charge in [0.1, 0.15) is 0 Å². The lowest BCUT2D eigenvalue weighted by atomic mass is 10.1. The number of hydrogen-bond donors (Lipinski definition) is 1. The smallest absolute Gasteiger partial charge is 0.238 e. The van der Waals surface area contributed by atoms with Crippen molar-refractivity contribution in [2.75, 3.05) is 45.1 Å². The molecule has 27 heavy (non-hydrogen) atoms. The minimum atomic E-state index is 0. The number of rotatable bonds is 4. The van der Waals surface area contributed by atoms with Crippen molar-refractivity contribution in [1.82, 2.24) is 14.8 Å². The molecule has 1 amide bonds. The molecule has 2 aromatic rings. The van der Waals surface area contributed by atoms with Crippen molar-refractivity contribution in [3.8, 4) is 0 Å². The van der Waals surface area contributed by atoms with Crippen LogP contribution in [-0.2, 0) is 11.2 Å². The number of nitrogens with zero attached hydrogens (tertiary/aromatic N) is 3. The van der Waals surface area contributed by atoms with E-state index in [0.29, 0.717) is 6.54 Å². The molecule has 1 N–H and O–H groups in total. The van der Waals surface area contributed by atoms with Gasteiger partial charge in [-0.2, -0.15) is 0 Å². The number of aryl methyl sites for hydroxylation is 1. The van der Waals surface area contributed by atoms with Crippen LogP contribution in [0.1, 0.15) is 18.2 Å². The van der Waals surface area contributed by atoms with Crippen LogP contribution in [0.3, 0.4) is 0 Å². The number of amides is 1. The molecule has 0 atom stereocenters. The molecule has 1 aromatic heterocycles. The van der Waals surface area contributed by atoms with E-state index in [1.165, 1.54) is 0 Å². The predicted octanol–water partition coefficient (Wildman–Crippen LogP) is 3.56. The van der Waals surface area contributed by atoms with Gasteiger partial charge in [-0.15, -0.1) is 37.2 Å². The summed E-state index contributed by atoms with van der Waals surface area (Å²) in [7, 11) is 2.12. The monoisotopic (exact) mass is 434 g/mol. The average molecular weight is 436 g/mol. The Hall–Kier alpha value is -1.11. The second-order valence-corrected chi connectivity index (χ2v) is 6.56. The van der Waals surface area contributed by atoms with Gasteiger partial charge >= 0.3 is 0 Å². The van der Waals surface area contributed by atoms with Crippen molar-refractivity contribution < 1.29 is 4.79 Å². The quantitative estimate of drug-likeness (QED) is 0.798. The maximum atomic E-state index is 12.6. The molecule has 2 heterocycles. The number of aromatic nitrogens is 1. The molecule has 1 aromatic carbocycles. The second kappa shape index (κ2) is 11.7. The van der Waals surface area contributed by atoms with Gasteiger partial charge in [0.25, 0.3) is 0 Å². The van der Waals surface area contributed by atoms with Crippen LogP contribution in [-0.4, -0.2) is 60.5 Å². The maximum absolute atomic E-state index is 12.6. The summed E-state index contributed by atoms with van der Waals surface area (Å²) >= 11 is 0. The Morgan fingerprint density at radius 3 is 2.37 bits per heavy atom. The summed E-state index contributed by atoms with van der Waals surface area (Å²) < 4.78 is 0. The van der Waals surface area contributed by atoms with Crippen LogP contribution >= 0.6 is 37.2 Å². The number of benzene rings is 1. The van der Waals surface area contributed by atoms with Gasteiger partial charge < -0.3 is 10.2 Å². The first-order valence-electron chi connectivity index (χ1n) is 8.67. The number of piperazine rings is 1. The fourth-order valence-electron chi connectivity index (χ4n) is 3.25. The van der Waals surface area contributed by atoms with Crippen LogP contribution in [0.15, 0.2) is 24.3 Å². The molecule has 8 heteroatoms. The Morgan fingerprint density at radius 2 is 1.74 bits per heavy atom. The highest BCUT2D eigenvalue weighted by Crippen LogP contribution is 2.28. The SMILES string of the molecule is CCc1nc2ccccc2c(NC(=O)CN2CCN(C)CC2)c1C.Cl.Cl.Cl. The van der Waals surface area contributed by atoms with Gasteiger partial charge in [0.15, 0.2) is 0 Å². The number of fused-ring (bicyclic) bond motifs is 1. The van der Waals surface area contributed by atoms with Gasteiger partial charge in [0.05, 0.1) is 17.7 Å². The first-order chi connectivity index (χ1) is 11.6. The van der Waals surface area contributed by atoms with Gasteiger partial charge in [-0.1, -0.05) is 25.1 Å². The largest absolute Gasteiger partial charge is 0.324 e. The van der Waals surface area contributed by atoms with Gasteiger partial charge in [0, 0.05) is 37.3 Å². The minimum absolute atomic E-state index is 0. The number of nitrogens with one attached hydrogen (secondary N) is 1.